The van der Waals surface area contributed by atoms with Crippen molar-refractivity contribution >= 4 is 28.3 Å². The molecule has 10 heteroatoms. The third-order valence-corrected chi connectivity index (χ3v) is 9.81. The molecule has 2 fully saturated rings. The van der Waals surface area contributed by atoms with Crippen LogP contribution in [0.3, 0.4) is 0 Å². The van der Waals surface area contributed by atoms with Gasteiger partial charge in [-0.3, -0.25) is 9.59 Å². The normalized spacial score (nSPS) is 19.4. The molecule has 0 radical (unpaired) electrons. The van der Waals surface area contributed by atoms with Crippen LogP contribution in [0.5, 0.6) is 5.75 Å². The van der Waals surface area contributed by atoms with Crippen LogP contribution in [-0.4, -0.2) is 56.6 Å². The number of imidazole rings is 1. The summed E-state index contributed by atoms with van der Waals surface area (Å²) in [4.78, 5) is 38.1. The Kier molecular flexibility index (Phi) is 7.96. The second kappa shape index (κ2) is 11.8. The monoisotopic (exact) mass is 599 g/mol. The number of anilines is 1. The van der Waals surface area contributed by atoms with Gasteiger partial charge in [-0.15, -0.1) is 11.3 Å². The van der Waals surface area contributed by atoms with Crippen molar-refractivity contribution in [3.63, 3.8) is 0 Å². The van der Waals surface area contributed by atoms with Gasteiger partial charge in [0.1, 0.15) is 18.2 Å². The molecule has 0 spiro atoms. The quantitative estimate of drug-likeness (QED) is 0.269. The first-order valence-electron chi connectivity index (χ1n) is 14.7. The highest BCUT2D eigenvalue weighted by molar-refractivity contribution is 7.14. The van der Waals surface area contributed by atoms with Crippen molar-refractivity contribution in [1.29, 1.82) is 0 Å². The number of carbonyl (C=O) groups excluding carboxylic acids is 1. The van der Waals surface area contributed by atoms with Crippen molar-refractivity contribution in [3.05, 3.63) is 82.3 Å². The van der Waals surface area contributed by atoms with Crippen LogP contribution in [0.2, 0.25) is 0 Å². The lowest BCUT2D eigenvalue weighted by Crippen LogP contribution is -2.44. The Balaban J connectivity index is 1.14. The van der Waals surface area contributed by atoms with Crippen LogP contribution in [-0.2, 0) is 25.0 Å². The van der Waals surface area contributed by atoms with Gasteiger partial charge in [0, 0.05) is 56.1 Å². The van der Waals surface area contributed by atoms with Gasteiger partial charge in [-0.1, -0.05) is 17.7 Å². The number of thiazole rings is 1. The van der Waals surface area contributed by atoms with Crippen molar-refractivity contribution in [2.45, 2.75) is 39.8 Å². The summed E-state index contributed by atoms with van der Waals surface area (Å²) in [6, 6.07) is 11.8. The average molecular weight is 600 g/mol. The van der Waals surface area contributed by atoms with Crippen molar-refractivity contribution in [3.8, 4) is 17.0 Å². The molecule has 2 aromatic carbocycles. The number of amides is 1. The molecule has 1 unspecified atom stereocenters. The Morgan fingerprint density at radius 3 is 2.56 bits per heavy atom. The predicted octanol–water partition coefficient (Wildman–Crippen LogP) is 5.56. The predicted molar refractivity (Wildman–Crippen MR) is 166 cm³/mol. The van der Waals surface area contributed by atoms with Gasteiger partial charge in [0.15, 0.2) is 5.13 Å². The van der Waals surface area contributed by atoms with E-state index in [2.05, 4.69) is 28.3 Å². The van der Waals surface area contributed by atoms with E-state index in [1.807, 2.05) is 55.1 Å². The molecule has 9 nitrogen and oxygen atoms in total. The molecular weight excluding hydrogens is 562 g/mol. The molecule has 1 saturated carbocycles. The highest BCUT2D eigenvalue weighted by Gasteiger charge is 2.46. The van der Waals surface area contributed by atoms with Gasteiger partial charge >= 0.3 is 5.97 Å². The fraction of sp³-hybridized carbons (Fsp3) is 0.394. The summed E-state index contributed by atoms with van der Waals surface area (Å²) in [5.74, 6) is 1.02. The van der Waals surface area contributed by atoms with Crippen molar-refractivity contribution in [2.75, 3.05) is 25.0 Å². The number of fused-ring (bicyclic) bond motifs is 2. The molecule has 2 aliphatic rings. The molecule has 1 N–H and O–H groups in total. The van der Waals surface area contributed by atoms with Crippen LogP contribution < -0.4 is 9.64 Å². The van der Waals surface area contributed by atoms with E-state index in [1.165, 1.54) is 0 Å². The number of benzene rings is 2. The van der Waals surface area contributed by atoms with Crippen molar-refractivity contribution < 1.29 is 19.4 Å². The van der Waals surface area contributed by atoms with Gasteiger partial charge < -0.3 is 24.2 Å². The maximum atomic E-state index is 13.1. The fourth-order valence-electron chi connectivity index (χ4n) is 6.48. The number of nitrogens with zero attached hydrogens (tertiary/aromatic N) is 5. The number of carboxylic acids is 1. The van der Waals surface area contributed by atoms with E-state index < -0.39 is 5.97 Å². The molecular formula is C33H37N5O4S. The summed E-state index contributed by atoms with van der Waals surface area (Å²) in [7, 11) is 3.71. The Labute approximate surface area is 255 Å². The van der Waals surface area contributed by atoms with Crippen LogP contribution in [0.25, 0.3) is 11.3 Å². The second-order valence-corrected chi connectivity index (χ2v) is 12.8. The van der Waals surface area contributed by atoms with E-state index in [0.29, 0.717) is 18.7 Å². The summed E-state index contributed by atoms with van der Waals surface area (Å²) >= 11 is 1.60. The summed E-state index contributed by atoms with van der Waals surface area (Å²) in [6.45, 7) is 6.34. The molecule has 1 aliphatic carbocycles. The van der Waals surface area contributed by atoms with Gasteiger partial charge in [0.25, 0.3) is 5.91 Å². The van der Waals surface area contributed by atoms with Gasteiger partial charge in [-0.25, -0.2) is 9.97 Å². The maximum Gasteiger partial charge on any atom is 0.307 e. The number of aliphatic carboxylic acids is 1. The number of aryl methyl sites for hydroxylation is 3. The van der Waals surface area contributed by atoms with Crippen LogP contribution in [0.15, 0.2) is 54.2 Å². The van der Waals surface area contributed by atoms with Gasteiger partial charge in [-0.05, 0) is 73.9 Å². The van der Waals surface area contributed by atoms with Crippen LogP contribution in [0.4, 0.5) is 5.13 Å². The zero-order chi connectivity index (χ0) is 30.2. The molecule has 3 heterocycles. The summed E-state index contributed by atoms with van der Waals surface area (Å²) in [5, 5.41) is 12.7. The van der Waals surface area contributed by atoms with Crippen LogP contribution >= 0.6 is 11.3 Å². The minimum absolute atomic E-state index is 0.0566. The van der Waals surface area contributed by atoms with Gasteiger partial charge in [0.2, 0.25) is 0 Å². The van der Waals surface area contributed by atoms with Gasteiger partial charge in [-0.2, -0.15) is 0 Å². The topological polar surface area (TPSA) is 101 Å². The van der Waals surface area contributed by atoms with E-state index in [4.69, 9.17) is 9.72 Å². The number of ether oxygens (including phenoxy) is 1. The Hall–Kier alpha value is -4.18. The highest BCUT2D eigenvalue weighted by atomic mass is 32.1. The summed E-state index contributed by atoms with van der Waals surface area (Å²) in [6.07, 6.45) is 5.55. The number of piperidine rings is 1. The molecule has 6 rings (SSSR count). The smallest absolute Gasteiger partial charge is 0.307 e. The summed E-state index contributed by atoms with van der Waals surface area (Å²) < 4.78 is 8.27. The molecule has 43 heavy (non-hydrogen) atoms. The Bertz CT molecular complexity index is 1650. The number of hydrogen-bond donors (Lipinski definition) is 1. The minimum atomic E-state index is -0.655. The van der Waals surface area contributed by atoms with E-state index in [0.717, 1.165) is 70.6 Å². The van der Waals surface area contributed by atoms with Crippen LogP contribution in [0, 0.1) is 31.6 Å². The van der Waals surface area contributed by atoms with E-state index >= 15 is 0 Å². The maximum absolute atomic E-state index is 13.1. The van der Waals surface area contributed by atoms with Gasteiger partial charge in [0.05, 0.1) is 18.2 Å². The third kappa shape index (κ3) is 5.88. The minimum Gasteiger partial charge on any atom is -0.488 e. The first-order chi connectivity index (χ1) is 20.7. The molecule has 3 atom stereocenters. The van der Waals surface area contributed by atoms with Crippen LogP contribution in [0.1, 0.15) is 45.7 Å². The Morgan fingerprint density at radius 2 is 1.88 bits per heavy atom. The summed E-state index contributed by atoms with van der Waals surface area (Å²) in [5.41, 5.74) is 5.53. The zero-order valence-corrected chi connectivity index (χ0v) is 25.8. The number of carboxylic acid groups (broad SMARTS) is 1. The number of aromatic nitrogens is 3. The highest BCUT2D eigenvalue weighted by Crippen LogP contribution is 2.44. The number of rotatable bonds is 9. The zero-order valence-electron chi connectivity index (χ0n) is 25.0. The first-order valence-corrected chi connectivity index (χ1v) is 15.5. The average Bonchev–Trinajstić information content (AvgIpc) is 3.70. The lowest BCUT2D eigenvalue weighted by atomic mass is 9.85. The standard InChI is InChI=1S/C33H37N5O4S/c1-20-5-10-28(26(13-20)27-19-43-33(35-27)38-15-23-7-8-24(16-38)30(23)32(40)41)42-18-25-9-6-22(14-21(25)2)31(39)37(4)17-29-34-11-12-36(29)3/h5-6,9-14,19,23-24,30H,7-8,15-18H2,1-4H3,(H,40,41)/t23-,24?,30+/m1/s1. The molecule has 224 valence electrons. The van der Waals surface area contributed by atoms with Crippen molar-refractivity contribution in [2.24, 2.45) is 24.8 Å². The molecule has 1 aliphatic heterocycles. The SMILES string of the molecule is Cc1ccc(OCc2ccc(C(=O)N(C)Cc3nccn3C)cc2C)c(-c2csc(N3CC4CC[C@H](C3)[C@@H]4C(=O)O)n2)c1. The largest absolute Gasteiger partial charge is 0.488 e. The molecule has 1 saturated heterocycles. The van der Waals surface area contributed by atoms with E-state index in [9.17, 15) is 14.7 Å². The number of hydrogen-bond acceptors (Lipinski definition) is 7. The lowest BCUT2D eigenvalue weighted by molar-refractivity contribution is -0.144. The molecule has 2 aromatic heterocycles. The lowest BCUT2D eigenvalue weighted by Gasteiger charge is -2.35. The molecule has 2 bridgehead atoms. The fourth-order valence-corrected chi connectivity index (χ4v) is 7.33. The van der Waals surface area contributed by atoms with Crippen molar-refractivity contribution in [1.82, 2.24) is 19.4 Å². The third-order valence-electron chi connectivity index (χ3n) is 8.91. The second-order valence-electron chi connectivity index (χ2n) is 11.9. The first kappa shape index (κ1) is 28.9. The van der Waals surface area contributed by atoms with E-state index in [1.54, 1.807) is 29.5 Å². The number of carbonyl (C=O) groups is 2. The molecule has 1 amide bonds. The van der Waals surface area contributed by atoms with E-state index in [-0.39, 0.29) is 23.7 Å². The molecule has 4 aromatic rings. The Morgan fingerprint density at radius 1 is 1.12 bits per heavy atom.